The van der Waals surface area contributed by atoms with Crippen molar-refractivity contribution in [3.8, 4) is 0 Å². The van der Waals surface area contributed by atoms with Crippen LogP contribution in [0, 0.1) is 17.8 Å². The van der Waals surface area contributed by atoms with Crippen molar-refractivity contribution in [2.75, 3.05) is 33.9 Å². The molecule has 4 heterocycles. The lowest BCUT2D eigenvalue weighted by Crippen LogP contribution is -2.60. The van der Waals surface area contributed by atoms with Crippen LogP contribution in [0.3, 0.4) is 0 Å². The summed E-state index contributed by atoms with van der Waals surface area (Å²) in [4.78, 5) is 37.9. The van der Waals surface area contributed by atoms with Gasteiger partial charge in [-0.25, -0.2) is 4.98 Å². The maximum absolute atomic E-state index is 14.7. The molecule has 2 aromatic carbocycles. The van der Waals surface area contributed by atoms with Crippen LogP contribution in [0.25, 0.3) is 0 Å². The number of carbonyl (C=O) groups excluding carboxylic acids is 2. The highest BCUT2D eigenvalue weighted by Gasteiger charge is 2.53. The Balaban J connectivity index is 1.26. The molecule has 0 unspecified atom stereocenters. The number of benzene rings is 2. The fraction of sp³-hybridized carbons (Fsp3) is 0.694. The van der Waals surface area contributed by atoms with Crippen LogP contribution in [0.1, 0.15) is 133 Å². The van der Waals surface area contributed by atoms with E-state index in [0.29, 0.717) is 12.8 Å². The van der Waals surface area contributed by atoms with Crippen LogP contribution >= 0.6 is 7.26 Å². The van der Waals surface area contributed by atoms with Gasteiger partial charge in [0.25, 0.3) is 0 Å². The third kappa shape index (κ3) is 15.2. The Morgan fingerprint density at radius 1 is 0.810 bits per heavy atom. The van der Waals surface area contributed by atoms with Crippen LogP contribution in [0.2, 0.25) is 0 Å². The van der Waals surface area contributed by atoms with Crippen LogP contribution in [0.5, 0.6) is 0 Å². The number of aromatic nitrogens is 1. The first kappa shape index (κ1) is 64.7. The minimum absolute atomic E-state index is 0.0586. The summed E-state index contributed by atoms with van der Waals surface area (Å²) >= 11 is 0. The van der Waals surface area contributed by atoms with E-state index < -0.39 is 109 Å². The van der Waals surface area contributed by atoms with Crippen molar-refractivity contribution in [3.05, 3.63) is 85.1 Å². The normalized spacial score (nSPS) is 36.5. The Morgan fingerprint density at radius 2 is 1.42 bits per heavy atom. The number of pyridine rings is 1. The zero-order valence-corrected chi connectivity index (χ0v) is 50.4. The quantitative estimate of drug-likeness (QED) is 0.0521. The number of nitrogens with zero attached hydrogens (tertiary/aromatic N) is 3. The van der Waals surface area contributed by atoms with Crippen molar-refractivity contribution in [1.82, 2.24) is 14.8 Å². The standard InChI is InChI=1S/C62H97N3O13P/c1-14-49-62(10,72)55(68)44(6)65(51(66)33-24-16-15-17-27-35-79(46-28-20-18-21-29-46,47-30-22-19-23-31-47)50-32-25-26-34-63-50)39-40(2)37-60(8,71)57(78-59-53(67)48(64(11)12)36-41(3)74-59)42(4)54(43(5)58(70)76-49)77-52-38-61(9,73-13)56(69)45(7)75-52/h18-23,25-26,28-32,34,40-45,48-49,52-57,59,67-69,71-72H,14-17,24,27,33,35-39H2,1-13H3/q+1/t40-,41-,42+,43-,44-,45+,48+,49-,52+,53-,54+,55-,56+,57-,59+,60-,61-,62-/m1/s1. The fourth-order valence-electron chi connectivity index (χ4n) is 12.9. The van der Waals surface area contributed by atoms with Crippen molar-refractivity contribution in [1.29, 1.82) is 0 Å². The number of amides is 1. The molecule has 79 heavy (non-hydrogen) atoms. The van der Waals surface area contributed by atoms with E-state index in [-0.39, 0.29) is 50.3 Å². The summed E-state index contributed by atoms with van der Waals surface area (Å²) in [7, 11) is 3.17. The van der Waals surface area contributed by atoms with E-state index in [1.165, 1.54) is 24.6 Å². The van der Waals surface area contributed by atoms with Crippen LogP contribution in [0.15, 0.2) is 85.1 Å². The smallest absolute Gasteiger partial charge is 0.311 e. The number of carbonyl (C=O) groups is 2. The SMILES string of the molecule is CC[C@H]1OC(=O)[C@H](C)[C@@H](O[C@H]2C[C@@](C)(OC)[C@@H](O)[C@H](C)O2)[C@H](C)[C@@H](O[C@@H]2O[C@H](C)C[C@H](N(C)C)[C@H]2O)[C@](C)(O)C[C@@H](C)CN(C(=O)CCCCCCC[P+](c2ccccc2)(c2ccccc2)c2ccccn2)[C@H](C)[C@@H](O)[C@]1(C)O. The first-order valence-corrected chi connectivity index (χ1v) is 31.0. The van der Waals surface area contributed by atoms with Crippen LogP contribution in [-0.4, -0.2) is 176 Å². The Labute approximate surface area is 472 Å². The first-order chi connectivity index (χ1) is 37.3. The number of rotatable bonds is 18. The number of unbranched alkanes of at least 4 members (excludes halogenated alkanes) is 4. The van der Waals surface area contributed by atoms with Crippen LogP contribution < -0.4 is 16.0 Å². The Bertz CT molecular complexity index is 2240. The lowest BCUT2D eigenvalue weighted by molar-refractivity contribution is -0.318. The summed E-state index contributed by atoms with van der Waals surface area (Å²) in [5, 5.41) is 63.2. The van der Waals surface area contributed by atoms with Crippen molar-refractivity contribution in [2.24, 2.45) is 17.8 Å². The molecule has 442 valence electrons. The molecule has 0 aliphatic carbocycles. The molecule has 0 saturated carbocycles. The zero-order valence-electron chi connectivity index (χ0n) is 49.5. The molecule has 3 fully saturated rings. The molecule has 3 aliphatic rings. The maximum Gasteiger partial charge on any atom is 0.311 e. The van der Waals surface area contributed by atoms with E-state index in [1.807, 2.05) is 45.1 Å². The topological polar surface area (TPSA) is 210 Å². The van der Waals surface area contributed by atoms with Crippen molar-refractivity contribution < 1.29 is 63.5 Å². The predicted molar refractivity (Wildman–Crippen MR) is 309 cm³/mol. The van der Waals surface area contributed by atoms with Gasteiger partial charge in [0.1, 0.15) is 47.9 Å². The molecular weight excluding hydrogens is 1030 g/mol. The van der Waals surface area contributed by atoms with Gasteiger partial charge in [0.2, 0.25) is 5.91 Å². The van der Waals surface area contributed by atoms with Gasteiger partial charge < -0.3 is 63.8 Å². The molecule has 5 N–H and O–H groups in total. The van der Waals surface area contributed by atoms with Crippen molar-refractivity contribution >= 4 is 35.2 Å². The molecular formula is C62H97N3O13P+. The zero-order chi connectivity index (χ0) is 58.0. The largest absolute Gasteiger partial charge is 0.459 e. The van der Waals surface area contributed by atoms with E-state index in [4.69, 9.17) is 33.4 Å². The average Bonchev–Trinajstić information content (AvgIpc) is 3.64. The number of esters is 1. The number of hydrogen-bond acceptors (Lipinski definition) is 15. The minimum atomic E-state index is -2.08. The van der Waals surface area contributed by atoms with E-state index >= 15 is 0 Å². The molecule has 1 amide bonds. The summed E-state index contributed by atoms with van der Waals surface area (Å²) in [6.45, 7) is 17.4. The predicted octanol–water partition coefficient (Wildman–Crippen LogP) is 6.53. The Morgan fingerprint density at radius 3 is 2.00 bits per heavy atom. The summed E-state index contributed by atoms with van der Waals surface area (Å²) in [6.07, 6.45) is -2.36. The van der Waals surface area contributed by atoms with Crippen molar-refractivity contribution in [2.45, 2.75) is 224 Å². The van der Waals surface area contributed by atoms with Gasteiger partial charge in [-0.1, -0.05) is 76.1 Å². The average molecular weight is 1120 g/mol. The van der Waals surface area contributed by atoms with E-state index in [0.717, 1.165) is 37.3 Å². The third-order valence-corrected chi connectivity index (χ3v) is 21.9. The molecule has 6 rings (SSSR count). The third-order valence-electron chi connectivity index (χ3n) is 17.6. The van der Waals surface area contributed by atoms with Gasteiger partial charge in [-0.05, 0) is 137 Å². The summed E-state index contributed by atoms with van der Waals surface area (Å²) in [5.74, 6) is -3.34. The Kier molecular flexibility index (Phi) is 23.1. The van der Waals surface area contributed by atoms with Crippen LogP contribution in [0.4, 0.5) is 0 Å². The first-order valence-electron chi connectivity index (χ1n) is 29.1. The van der Waals surface area contributed by atoms with Gasteiger partial charge in [-0.3, -0.25) is 9.59 Å². The summed E-state index contributed by atoms with van der Waals surface area (Å²) in [6, 6.07) is 26.4. The highest BCUT2D eigenvalue weighted by molar-refractivity contribution is 7.95. The van der Waals surface area contributed by atoms with E-state index in [2.05, 4.69) is 72.8 Å². The lowest BCUT2D eigenvalue weighted by Gasteiger charge is -2.48. The van der Waals surface area contributed by atoms with Crippen molar-refractivity contribution in [3.63, 3.8) is 0 Å². The second-order valence-electron chi connectivity index (χ2n) is 24.2. The van der Waals surface area contributed by atoms with Crippen LogP contribution in [-0.2, 0) is 38.0 Å². The number of methoxy groups -OCH3 is 1. The molecule has 3 aromatic rings. The lowest BCUT2D eigenvalue weighted by atomic mass is 9.77. The number of ether oxygens (including phenoxy) is 6. The highest BCUT2D eigenvalue weighted by atomic mass is 31.2. The van der Waals surface area contributed by atoms with Gasteiger partial charge in [0, 0.05) is 50.7 Å². The Hall–Kier alpha value is -3.48. The number of likely N-dealkylation sites (N-methyl/N-ethyl adjacent to an activating group) is 1. The number of aliphatic hydroxyl groups excluding tert-OH is 3. The molecule has 18 atom stereocenters. The van der Waals surface area contributed by atoms with Gasteiger partial charge in [-0.15, -0.1) is 0 Å². The molecule has 17 heteroatoms. The molecule has 3 aliphatic heterocycles. The van der Waals surface area contributed by atoms with Gasteiger partial charge in [0.05, 0.1) is 53.7 Å². The van der Waals surface area contributed by atoms with Gasteiger partial charge in [0.15, 0.2) is 18.0 Å². The van der Waals surface area contributed by atoms with E-state index in [1.54, 1.807) is 53.4 Å². The number of hydrogen-bond donors (Lipinski definition) is 5. The fourth-order valence-corrected chi connectivity index (χ4v) is 17.1. The second kappa shape index (κ2) is 28.2. The molecule has 3 saturated heterocycles. The van der Waals surface area contributed by atoms with Gasteiger partial charge >= 0.3 is 5.97 Å². The minimum Gasteiger partial charge on any atom is -0.459 e. The maximum atomic E-state index is 14.7. The second-order valence-corrected chi connectivity index (χ2v) is 27.7. The molecule has 16 nitrogen and oxygen atoms in total. The molecule has 0 radical (unpaired) electrons. The highest BCUT2D eigenvalue weighted by Crippen LogP contribution is 2.55. The number of aliphatic hydroxyl groups is 5. The monoisotopic (exact) mass is 1120 g/mol. The number of cyclic esters (lactones) is 1. The van der Waals surface area contributed by atoms with E-state index in [9.17, 15) is 35.1 Å². The molecule has 1 aromatic heterocycles. The molecule has 0 spiro atoms. The van der Waals surface area contributed by atoms with Gasteiger partial charge in [-0.2, -0.15) is 0 Å². The summed E-state index contributed by atoms with van der Waals surface area (Å²) in [5.41, 5.74) is -3.73. The summed E-state index contributed by atoms with van der Waals surface area (Å²) < 4.78 is 38.3. The molecule has 0 bridgehead atoms.